The van der Waals surface area contributed by atoms with Gasteiger partial charge in [0.05, 0.1) is 18.8 Å². The molecule has 8 heteroatoms. The van der Waals surface area contributed by atoms with Crippen molar-refractivity contribution < 1.29 is 8.81 Å². The number of anilines is 3. The fraction of sp³-hybridized carbons (Fsp3) is 0.235. The van der Waals surface area contributed by atoms with Gasteiger partial charge in [0.15, 0.2) is 0 Å². The Hall–Kier alpha value is -3.00. The summed E-state index contributed by atoms with van der Waals surface area (Å²) in [6, 6.07) is 9.73. The monoisotopic (exact) mass is 342 g/mol. The second-order valence-corrected chi connectivity index (χ2v) is 5.67. The molecule has 25 heavy (non-hydrogen) atoms. The van der Waals surface area contributed by atoms with E-state index in [4.69, 9.17) is 10.2 Å². The maximum atomic E-state index is 13.0. The van der Waals surface area contributed by atoms with Gasteiger partial charge in [-0.15, -0.1) is 0 Å². The highest BCUT2D eigenvalue weighted by Crippen LogP contribution is 2.21. The maximum Gasteiger partial charge on any atom is 0.232 e. The van der Waals surface area contributed by atoms with Gasteiger partial charge < -0.3 is 15.5 Å². The van der Waals surface area contributed by atoms with Crippen molar-refractivity contribution >= 4 is 17.6 Å². The van der Waals surface area contributed by atoms with Crippen molar-refractivity contribution in [1.82, 2.24) is 19.9 Å². The molecule has 1 atom stereocenters. The molecule has 7 nitrogen and oxygen atoms in total. The van der Waals surface area contributed by atoms with E-state index in [1.54, 1.807) is 18.4 Å². The Morgan fingerprint density at radius 3 is 2.64 bits per heavy atom. The van der Waals surface area contributed by atoms with Crippen molar-refractivity contribution in [3.63, 3.8) is 0 Å². The third-order valence-corrected chi connectivity index (χ3v) is 3.81. The number of nitrogens with two attached hydrogens (primary N) is 1. The summed E-state index contributed by atoms with van der Waals surface area (Å²) in [6.45, 7) is 2.49. The van der Waals surface area contributed by atoms with Gasteiger partial charge >= 0.3 is 0 Å². The van der Waals surface area contributed by atoms with E-state index in [1.165, 1.54) is 12.1 Å². The van der Waals surface area contributed by atoms with Crippen LogP contribution in [0.1, 0.15) is 24.6 Å². The summed E-state index contributed by atoms with van der Waals surface area (Å²) in [7, 11) is 1.94. The number of rotatable bonds is 6. The summed E-state index contributed by atoms with van der Waals surface area (Å²) in [5.41, 5.74) is 6.45. The second kappa shape index (κ2) is 7.27. The Morgan fingerprint density at radius 1 is 1.20 bits per heavy atom. The Balaban J connectivity index is 1.73. The zero-order valence-corrected chi connectivity index (χ0v) is 14.0. The lowest BCUT2D eigenvalue weighted by Crippen LogP contribution is -2.23. The van der Waals surface area contributed by atoms with Gasteiger partial charge in [0.25, 0.3) is 0 Å². The molecule has 0 amide bonds. The number of furan rings is 1. The van der Waals surface area contributed by atoms with Crippen LogP contribution in [0, 0.1) is 5.82 Å². The van der Waals surface area contributed by atoms with Crippen LogP contribution in [0.25, 0.3) is 0 Å². The summed E-state index contributed by atoms with van der Waals surface area (Å²) in [6.07, 6.45) is 1.64. The highest BCUT2D eigenvalue weighted by Gasteiger charge is 2.16. The fourth-order valence-electron chi connectivity index (χ4n) is 2.33. The lowest BCUT2D eigenvalue weighted by Gasteiger charge is -2.22. The van der Waals surface area contributed by atoms with Gasteiger partial charge in [-0.25, -0.2) is 4.39 Å². The number of benzene rings is 1. The van der Waals surface area contributed by atoms with E-state index in [2.05, 4.69) is 20.3 Å². The average Bonchev–Trinajstić information content (AvgIpc) is 3.10. The van der Waals surface area contributed by atoms with Crippen molar-refractivity contribution in [2.45, 2.75) is 19.5 Å². The van der Waals surface area contributed by atoms with Crippen LogP contribution >= 0.6 is 0 Å². The number of nitrogens with one attached hydrogen (secondary N) is 1. The number of nitrogen functional groups attached to an aromatic ring is 1. The zero-order valence-electron chi connectivity index (χ0n) is 14.0. The number of hydrogen-bond donors (Lipinski definition) is 2. The molecule has 3 N–H and O–H groups in total. The quantitative estimate of drug-likeness (QED) is 0.711. The molecule has 0 radical (unpaired) electrons. The molecule has 0 aliphatic carbocycles. The molecule has 0 bridgehead atoms. The predicted octanol–water partition coefficient (Wildman–Crippen LogP) is 3.12. The lowest BCUT2D eigenvalue weighted by atomic mass is 10.2. The maximum absolute atomic E-state index is 13.0. The summed E-state index contributed by atoms with van der Waals surface area (Å²) < 4.78 is 18.4. The third kappa shape index (κ3) is 4.30. The van der Waals surface area contributed by atoms with Crippen LogP contribution in [-0.2, 0) is 6.54 Å². The highest BCUT2D eigenvalue weighted by molar-refractivity contribution is 5.53. The van der Waals surface area contributed by atoms with Crippen LogP contribution < -0.4 is 11.1 Å². The zero-order chi connectivity index (χ0) is 17.8. The predicted molar refractivity (Wildman–Crippen MR) is 92.5 cm³/mol. The van der Waals surface area contributed by atoms with Crippen molar-refractivity contribution in [3.8, 4) is 0 Å². The molecule has 0 saturated carbocycles. The van der Waals surface area contributed by atoms with Gasteiger partial charge in [-0.3, -0.25) is 4.90 Å². The normalized spacial score (nSPS) is 12.3. The molecule has 3 aromatic rings. The first-order valence-electron chi connectivity index (χ1n) is 7.78. The molecular weight excluding hydrogens is 323 g/mol. The van der Waals surface area contributed by atoms with E-state index in [-0.39, 0.29) is 17.8 Å². The van der Waals surface area contributed by atoms with Crippen molar-refractivity contribution in [2.24, 2.45) is 0 Å². The molecule has 0 aliphatic heterocycles. The van der Waals surface area contributed by atoms with Gasteiger partial charge in [-0.05, 0) is 50.4 Å². The molecule has 0 spiro atoms. The van der Waals surface area contributed by atoms with Crippen LogP contribution in [-0.4, -0.2) is 26.9 Å². The second-order valence-electron chi connectivity index (χ2n) is 5.67. The Kier molecular flexibility index (Phi) is 4.90. The van der Waals surface area contributed by atoms with E-state index in [0.29, 0.717) is 24.0 Å². The number of aromatic nitrogens is 3. The summed E-state index contributed by atoms with van der Waals surface area (Å²) in [5.74, 6) is 1.50. The minimum atomic E-state index is -0.310. The van der Waals surface area contributed by atoms with Gasteiger partial charge in [-0.2, -0.15) is 15.0 Å². The molecule has 0 fully saturated rings. The van der Waals surface area contributed by atoms with Crippen LogP contribution in [0.15, 0.2) is 47.1 Å². The number of hydrogen-bond acceptors (Lipinski definition) is 7. The van der Waals surface area contributed by atoms with E-state index in [9.17, 15) is 4.39 Å². The number of halogens is 1. The highest BCUT2D eigenvalue weighted by atomic mass is 19.1. The van der Waals surface area contributed by atoms with Gasteiger partial charge in [0, 0.05) is 5.69 Å². The molecule has 0 aliphatic rings. The Labute approximate surface area is 144 Å². The molecule has 1 aromatic carbocycles. The topological polar surface area (TPSA) is 93.1 Å². The standard InChI is InChI=1S/C17H19FN6O/c1-11(14-4-3-9-25-14)24(2)10-15-21-16(19)23-17(22-15)20-13-7-5-12(18)6-8-13/h3-9,11H,10H2,1-2H3,(H3,19,20,21,22,23)/t11-/m1/s1. The first kappa shape index (κ1) is 16.8. The largest absolute Gasteiger partial charge is 0.468 e. The van der Waals surface area contributed by atoms with E-state index < -0.39 is 0 Å². The van der Waals surface area contributed by atoms with E-state index in [0.717, 1.165) is 5.76 Å². The summed E-state index contributed by atoms with van der Waals surface area (Å²) in [4.78, 5) is 14.7. The van der Waals surface area contributed by atoms with Gasteiger partial charge in [0.2, 0.25) is 11.9 Å². The average molecular weight is 342 g/mol. The third-order valence-electron chi connectivity index (χ3n) is 3.81. The van der Waals surface area contributed by atoms with Crippen molar-refractivity contribution in [1.29, 1.82) is 0 Å². The van der Waals surface area contributed by atoms with Crippen molar-refractivity contribution in [2.75, 3.05) is 18.1 Å². The van der Waals surface area contributed by atoms with E-state index in [1.807, 2.05) is 31.0 Å². The van der Waals surface area contributed by atoms with Gasteiger partial charge in [-0.1, -0.05) is 0 Å². The summed E-state index contributed by atoms with van der Waals surface area (Å²) in [5, 5.41) is 3.00. The molecule has 0 unspecified atom stereocenters. The Bertz CT molecular complexity index is 822. The van der Waals surface area contributed by atoms with Crippen LogP contribution in [0.2, 0.25) is 0 Å². The van der Waals surface area contributed by atoms with Crippen LogP contribution in [0.5, 0.6) is 0 Å². The van der Waals surface area contributed by atoms with Crippen molar-refractivity contribution in [3.05, 3.63) is 60.1 Å². The van der Waals surface area contributed by atoms with Crippen LogP contribution in [0.3, 0.4) is 0 Å². The molecule has 2 aromatic heterocycles. The molecule has 2 heterocycles. The lowest BCUT2D eigenvalue weighted by molar-refractivity contribution is 0.218. The first-order chi connectivity index (χ1) is 12.0. The molecule has 3 rings (SSSR count). The molecular formula is C17H19FN6O. The molecule has 130 valence electrons. The minimum Gasteiger partial charge on any atom is -0.468 e. The van der Waals surface area contributed by atoms with Crippen LogP contribution in [0.4, 0.5) is 22.0 Å². The smallest absolute Gasteiger partial charge is 0.232 e. The minimum absolute atomic E-state index is 0.0569. The molecule has 0 saturated heterocycles. The fourth-order valence-corrected chi connectivity index (χ4v) is 2.33. The van der Waals surface area contributed by atoms with Gasteiger partial charge in [0.1, 0.15) is 17.4 Å². The first-order valence-corrected chi connectivity index (χ1v) is 7.78. The SMILES string of the molecule is C[C@H](c1ccco1)N(C)Cc1nc(N)nc(Nc2ccc(F)cc2)n1. The Morgan fingerprint density at radius 2 is 1.96 bits per heavy atom. The summed E-state index contributed by atoms with van der Waals surface area (Å²) >= 11 is 0. The number of nitrogens with zero attached hydrogens (tertiary/aromatic N) is 4. The van der Waals surface area contributed by atoms with E-state index >= 15 is 0 Å².